The standard InChI is InChI=1S/C21H15Cl2NO3/c22-16-11-12-17(27-13-18(25)24-15-9-5-2-6-10-15)19(20(16)23)21(26)14-7-3-1-4-8-14/h1-12H,13H2,(H,24,25). The molecule has 27 heavy (non-hydrogen) atoms. The van der Waals surface area contributed by atoms with Crippen LogP contribution in [0.2, 0.25) is 10.0 Å². The summed E-state index contributed by atoms with van der Waals surface area (Å²) in [4.78, 5) is 25.0. The maximum Gasteiger partial charge on any atom is 0.262 e. The fourth-order valence-electron chi connectivity index (χ4n) is 2.46. The molecule has 0 aliphatic heterocycles. The Labute approximate surface area is 166 Å². The zero-order chi connectivity index (χ0) is 19.2. The van der Waals surface area contributed by atoms with Gasteiger partial charge in [0, 0.05) is 11.3 Å². The smallest absolute Gasteiger partial charge is 0.262 e. The second-order valence-electron chi connectivity index (χ2n) is 5.63. The highest BCUT2D eigenvalue weighted by Crippen LogP contribution is 2.34. The van der Waals surface area contributed by atoms with Gasteiger partial charge in [-0.25, -0.2) is 0 Å². The van der Waals surface area contributed by atoms with E-state index < -0.39 is 0 Å². The largest absolute Gasteiger partial charge is 0.483 e. The van der Waals surface area contributed by atoms with Gasteiger partial charge in [-0.15, -0.1) is 0 Å². The van der Waals surface area contributed by atoms with Crippen molar-refractivity contribution in [2.75, 3.05) is 11.9 Å². The topological polar surface area (TPSA) is 55.4 Å². The zero-order valence-corrected chi connectivity index (χ0v) is 15.6. The van der Waals surface area contributed by atoms with Crippen LogP contribution in [0.5, 0.6) is 5.75 Å². The summed E-state index contributed by atoms with van der Waals surface area (Å²) in [5, 5.41) is 3.03. The van der Waals surface area contributed by atoms with Gasteiger partial charge in [0.2, 0.25) is 0 Å². The predicted molar refractivity (Wildman–Crippen MR) is 107 cm³/mol. The van der Waals surface area contributed by atoms with Crippen LogP contribution in [0.3, 0.4) is 0 Å². The Kier molecular flexibility index (Phi) is 6.12. The van der Waals surface area contributed by atoms with Crippen molar-refractivity contribution >= 4 is 40.6 Å². The summed E-state index contributed by atoms with van der Waals surface area (Å²) in [5.41, 5.74) is 1.23. The zero-order valence-electron chi connectivity index (χ0n) is 14.1. The van der Waals surface area contributed by atoms with E-state index in [9.17, 15) is 9.59 Å². The van der Waals surface area contributed by atoms with Crippen LogP contribution in [0.15, 0.2) is 72.8 Å². The van der Waals surface area contributed by atoms with E-state index in [1.807, 2.05) is 24.3 Å². The highest BCUT2D eigenvalue weighted by molar-refractivity contribution is 6.44. The molecule has 0 aliphatic rings. The van der Waals surface area contributed by atoms with Gasteiger partial charge in [0.25, 0.3) is 5.91 Å². The molecule has 3 aromatic carbocycles. The molecule has 0 spiro atoms. The van der Waals surface area contributed by atoms with Crippen molar-refractivity contribution in [2.45, 2.75) is 0 Å². The lowest BCUT2D eigenvalue weighted by molar-refractivity contribution is -0.118. The second-order valence-corrected chi connectivity index (χ2v) is 6.42. The van der Waals surface area contributed by atoms with Gasteiger partial charge < -0.3 is 10.1 Å². The number of rotatable bonds is 6. The van der Waals surface area contributed by atoms with Crippen LogP contribution in [0.4, 0.5) is 5.69 Å². The number of hydrogen-bond donors (Lipinski definition) is 1. The van der Waals surface area contributed by atoms with Crippen LogP contribution in [0, 0.1) is 0 Å². The molecule has 0 heterocycles. The molecule has 0 aliphatic carbocycles. The van der Waals surface area contributed by atoms with Gasteiger partial charge in [-0.05, 0) is 24.3 Å². The lowest BCUT2D eigenvalue weighted by atomic mass is 10.0. The average molecular weight is 400 g/mol. The number of ether oxygens (including phenoxy) is 1. The van der Waals surface area contributed by atoms with Crippen LogP contribution in [0.25, 0.3) is 0 Å². The number of nitrogens with one attached hydrogen (secondary N) is 1. The number of halogens is 2. The quantitative estimate of drug-likeness (QED) is 0.576. The van der Waals surface area contributed by atoms with Crippen molar-refractivity contribution in [3.05, 3.63) is 94.0 Å². The molecule has 0 bridgehead atoms. The summed E-state index contributed by atoms with van der Waals surface area (Å²) < 4.78 is 5.57. The fraction of sp³-hybridized carbons (Fsp3) is 0.0476. The molecule has 0 radical (unpaired) electrons. The summed E-state index contributed by atoms with van der Waals surface area (Å²) in [6.45, 7) is -0.276. The normalized spacial score (nSPS) is 10.3. The Morgan fingerprint density at radius 2 is 1.48 bits per heavy atom. The number of carbonyl (C=O) groups is 2. The number of amides is 1. The minimum absolute atomic E-state index is 0.0893. The average Bonchev–Trinajstić information content (AvgIpc) is 2.70. The Balaban J connectivity index is 1.80. The first-order valence-electron chi connectivity index (χ1n) is 8.11. The molecule has 4 nitrogen and oxygen atoms in total. The lowest BCUT2D eigenvalue weighted by Crippen LogP contribution is -2.21. The van der Waals surface area contributed by atoms with Gasteiger partial charge >= 0.3 is 0 Å². The molecule has 136 valence electrons. The summed E-state index contributed by atoms with van der Waals surface area (Å²) in [6, 6.07) is 20.7. The molecule has 0 saturated carbocycles. The Morgan fingerprint density at radius 1 is 0.852 bits per heavy atom. The molecule has 0 fully saturated rings. The molecule has 3 rings (SSSR count). The molecule has 0 aromatic heterocycles. The first kappa shape index (κ1) is 19.0. The highest BCUT2D eigenvalue weighted by Gasteiger charge is 2.21. The molecular formula is C21H15Cl2NO3. The second kappa shape index (κ2) is 8.71. The molecule has 0 atom stereocenters. The van der Waals surface area contributed by atoms with Crippen molar-refractivity contribution < 1.29 is 14.3 Å². The lowest BCUT2D eigenvalue weighted by Gasteiger charge is -2.13. The number of carbonyl (C=O) groups excluding carboxylic acids is 2. The molecule has 3 aromatic rings. The van der Waals surface area contributed by atoms with Crippen molar-refractivity contribution in [1.82, 2.24) is 0 Å². The summed E-state index contributed by atoms with van der Waals surface area (Å²) in [5.74, 6) is -0.492. The Hall–Kier alpha value is -2.82. The van der Waals surface area contributed by atoms with Crippen LogP contribution in [0.1, 0.15) is 15.9 Å². The number of ketones is 1. The molecular weight excluding hydrogens is 385 g/mol. The minimum atomic E-state index is -0.356. The van der Waals surface area contributed by atoms with Crippen LogP contribution in [-0.2, 0) is 4.79 Å². The summed E-state index contributed by atoms with van der Waals surface area (Å²) >= 11 is 12.3. The fourth-order valence-corrected chi connectivity index (χ4v) is 2.86. The number of para-hydroxylation sites is 1. The van der Waals surface area contributed by atoms with E-state index in [4.69, 9.17) is 27.9 Å². The van der Waals surface area contributed by atoms with Gasteiger partial charge in [-0.3, -0.25) is 9.59 Å². The van der Waals surface area contributed by atoms with Gasteiger partial charge in [-0.1, -0.05) is 71.7 Å². The van der Waals surface area contributed by atoms with Crippen molar-refractivity contribution in [3.63, 3.8) is 0 Å². The molecule has 6 heteroatoms. The van der Waals surface area contributed by atoms with Crippen LogP contribution < -0.4 is 10.1 Å². The van der Waals surface area contributed by atoms with E-state index in [0.29, 0.717) is 11.3 Å². The van der Waals surface area contributed by atoms with Crippen molar-refractivity contribution in [1.29, 1.82) is 0 Å². The first-order valence-corrected chi connectivity index (χ1v) is 8.87. The Bertz CT molecular complexity index is 960. The van der Waals surface area contributed by atoms with E-state index in [2.05, 4.69) is 5.32 Å². The maximum absolute atomic E-state index is 12.9. The molecule has 0 unspecified atom stereocenters. The third-order valence-corrected chi connectivity index (χ3v) is 4.54. The third kappa shape index (κ3) is 4.67. The number of hydrogen-bond acceptors (Lipinski definition) is 3. The van der Waals surface area contributed by atoms with Gasteiger partial charge in [0.15, 0.2) is 12.4 Å². The molecule has 0 saturated heterocycles. The first-order chi connectivity index (χ1) is 13.1. The van der Waals surface area contributed by atoms with Gasteiger partial charge in [-0.2, -0.15) is 0 Å². The predicted octanol–water partition coefficient (Wildman–Crippen LogP) is 5.24. The molecule has 1 amide bonds. The highest BCUT2D eigenvalue weighted by atomic mass is 35.5. The van der Waals surface area contributed by atoms with E-state index in [-0.39, 0.29) is 39.7 Å². The van der Waals surface area contributed by atoms with Gasteiger partial charge in [0.05, 0.1) is 15.6 Å². The SMILES string of the molecule is O=C(COc1ccc(Cl)c(Cl)c1C(=O)c1ccccc1)Nc1ccccc1. The summed E-state index contributed by atoms with van der Waals surface area (Å²) in [6.07, 6.45) is 0. The summed E-state index contributed by atoms with van der Waals surface area (Å²) in [7, 11) is 0. The molecule has 1 N–H and O–H groups in total. The maximum atomic E-state index is 12.9. The van der Waals surface area contributed by atoms with E-state index >= 15 is 0 Å². The number of anilines is 1. The van der Waals surface area contributed by atoms with E-state index in [0.717, 1.165) is 0 Å². The third-order valence-electron chi connectivity index (χ3n) is 3.74. The minimum Gasteiger partial charge on any atom is -0.483 e. The van der Waals surface area contributed by atoms with Crippen molar-refractivity contribution in [3.8, 4) is 5.75 Å². The van der Waals surface area contributed by atoms with Crippen LogP contribution >= 0.6 is 23.2 Å². The van der Waals surface area contributed by atoms with E-state index in [1.54, 1.807) is 36.4 Å². The van der Waals surface area contributed by atoms with E-state index in [1.165, 1.54) is 12.1 Å². The Morgan fingerprint density at radius 3 is 2.15 bits per heavy atom. The van der Waals surface area contributed by atoms with Crippen molar-refractivity contribution in [2.24, 2.45) is 0 Å². The monoisotopic (exact) mass is 399 g/mol. The van der Waals surface area contributed by atoms with Crippen LogP contribution in [-0.4, -0.2) is 18.3 Å². The number of benzene rings is 3. The van der Waals surface area contributed by atoms with Gasteiger partial charge in [0.1, 0.15) is 5.75 Å².